The molecule has 0 unspecified atom stereocenters. The molecule has 0 fully saturated rings. The molecule has 0 rings (SSSR count). The van der Waals surface area contributed by atoms with E-state index in [1.165, 1.54) is 0 Å². The Morgan fingerprint density at radius 3 is 1.00 bits per heavy atom. The topological polar surface area (TPSA) is 0 Å². The van der Waals surface area contributed by atoms with Crippen LogP contribution in [0.15, 0.2) is 0 Å². The van der Waals surface area contributed by atoms with E-state index in [-0.39, 0.29) is 39.2 Å². The van der Waals surface area contributed by atoms with Crippen LogP contribution < -0.4 is 0 Å². The van der Waals surface area contributed by atoms with Crippen LogP contribution in [-0.4, -0.2) is 45.0 Å². The number of halogens is 4. The van der Waals surface area contributed by atoms with Gasteiger partial charge in [0.25, 0.3) is 0 Å². The van der Waals surface area contributed by atoms with Gasteiger partial charge in [0.15, 0.2) is 0 Å². The SMILES string of the molecule is F[B-](F)(F)F.[CaH2].[H+]. The van der Waals surface area contributed by atoms with Crippen LogP contribution in [0.1, 0.15) is 1.43 Å². The molecule has 0 bridgehead atoms. The summed E-state index contributed by atoms with van der Waals surface area (Å²) in [6.07, 6.45) is 0. The van der Waals surface area contributed by atoms with Gasteiger partial charge in [0.2, 0.25) is 0 Å². The largest absolute Gasteiger partial charge is 1.00 e. The van der Waals surface area contributed by atoms with Gasteiger partial charge < -0.3 is 17.3 Å². The second kappa shape index (κ2) is 3.10. The van der Waals surface area contributed by atoms with Gasteiger partial charge in [-0.25, -0.2) is 0 Å². The third-order valence-electron chi connectivity index (χ3n) is 0. The van der Waals surface area contributed by atoms with Crippen molar-refractivity contribution in [3.8, 4) is 0 Å². The van der Waals surface area contributed by atoms with Crippen molar-refractivity contribution >= 4 is 45.0 Å². The summed E-state index contributed by atoms with van der Waals surface area (Å²) in [5, 5.41) is 0. The standard InChI is InChI=1S/BF4.Ca.2H/c2-1(3,4)5;;;/q-1;;;/p+1. The Kier molecular flexibility index (Phi) is 5.23. The van der Waals surface area contributed by atoms with Gasteiger partial charge in [-0.1, -0.05) is 0 Å². The van der Waals surface area contributed by atoms with Gasteiger partial charge >= 0.3 is 46.4 Å². The zero-order valence-corrected chi connectivity index (χ0v) is 2.09. The maximum atomic E-state index is 9.75. The Labute approximate surface area is 63.5 Å². The maximum Gasteiger partial charge on any atom is 1.00 e. The van der Waals surface area contributed by atoms with E-state index >= 15 is 0 Å². The van der Waals surface area contributed by atoms with Gasteiger partial charge in [-0.15, -0.1) is 0 Å². The van der Waals surface area contributed by atoms with Crippen molar-refractivity contribution < 1.29 is 18.7 Å². The van der Waals surface area contributed by atoms with Crippen molar-refractivity contribution in [1.29, 1.82) is 0 Å². The molecule has 0 radical (unpaired) electrons. The molecule has 0 saturated carbocycles. The van der Waals surface area contributed by atoms with Gasteiger partial charge in [0, 0.05) is 0 Å². The summed E-state index contributed by atoms with van der Waals surface area (Å²) in [4.78, 5) is 0. The van der Waals surface area contributed by atoms with Crippen molar-refractivity contribution in [2.75, 3.05) is 0 Å². The number of rotatable bonds is 0. The van der Waals surface area contributed by atoms with E-state index in [1.807, 2.05) is 0 Å². The quantitative estimate of drug-likeness (QED) is 0.330. The molecule has 0 spiro atoms. The molecule has 0 nitrogen and oxygen atoms in total. The van der Waals surface area contributed by atoms with E-state index in [9.17, 15) is 17.3 Å². The van der Waals surface area contributed by atoms with Crippen LogP contribution in [0.2, 0.25) is 0 Å². The van der Waals surface area contributed by atoms with Crippen LogP contribution in [0.25, 0.3) is 0 Å². The van der Waals surface area contributed by atoms with Crippen LogP contribution in [0.4, 0.5) is 17.3 Å². The fourth-order valence-corrected chi connectivity index (χ4v) is 0. The van der Waals surface area contributed by atoms with Crippen LogP contribution in [0, 0.1) is 0 Å². The molecule has 0 N–H and O–H groups in total. The molecule has 6 heteroatoms. The fraction of sp³-hybridized carbons (Fsp3) is 0. The molecule has 36 valence electrons. The first-order chi connectivity index (χ1) is 2.00. The maximum absolute atomic E-state index is 9.75. The zero-order valence-electron chi connectivity index (χ0n) is 3.09. The summed E-state index contributed by atoms with van der Waals surface area (Å²) in [7, 11) is -6.00. The summed E-state index contributed by atoms with van der Waals surface area (Å²) < 4.78 is 39.0. The molecular formula is H3BCaF4. The minimum Gasteiger partial charge on any atom is 1.00 e. The van der Waals surface area contributed by atoms with Crippen molar-refractivity contribution in [3.63, 3.8) is 0 Å². The minimum absolute atomic E-state index is 0. The zero-order chi connectivity index (χ0) is 4.50. The van der Waals surface area contributed by atoms with E-state index in [1.54, 1.807) is 0 Å². The molecule has 0 heterocycles. The molecule has 6 heavy (non-hydrogen) atoms. The van der Waals surface area contributed by atoms with Gasteiger partial charge in [0.05, 0.1) is 0 Å². The third-order valence-corrected chi connectivity index (χ3v) is 0. The first-order valence-electron chi connectivity index (χ1n) is 0.873. The fourth-order valence-electron chi connectivity index (χ4n) is 0. The molecule has 0 amide bonds. The van der Waals surface area contributed by atoms with Gasteiger partial charge in [-0.05, 0) is 0 Å². The van der Waals surface area contributed by atoms with Gasteiger partial charge in [-0.2, -0.15) is 0 Å². The van der Waals surface area contributed by atoms with Gasteiger partial charge in [-0.3, -0.25) is 0 Å². The molecule has 0 aliphatic rings. The first kappa shape index (κ1) is 10.1. The summed E-state index contributed by atoms with van der Waals surface area (Å²) >= 11 is 0. The number of hydrogen-bond acceptors (Lipinski definition) is 0. The Morgan fingerprint density at radius 1 is 1.00 bits per heavy atom. The van der Waals surface area contributed by atoms with Crippen LogP contribution >= 0.6 is 0 Å². The predicted octanol–water partition coefficient (Wildman–Crippen LogP) is 0.496. The van der Waals surface area contributed by atoms with E-state index in [4.69, 9.17) is 0 Å². The third kappa shape index (κ3) is 75.6. The van der Waals surface area contributed by atoms with Crippen molar-refractivity contribution in [2.45, 2.75) is 0 Å². The minimum atomic E-state index is -6.00. The van der Waals surface area contributed by atoms with E-state index in [0.717, 1.165) is 0 Å². The van der Waals surface area contributed by atoms with Crippen LogP contribution in [-0.2, 0) is 0 Å². The number of hydrogen-bond donors (Lipinski definition) is 0. The van der Waals surface area contributed by atoms with E-state index in [0.29, 0.717) is 0 Å². The molecule has 0 aromatic rings. The van der Waals surface area contributed by atoms with E-state index in [2.05, 4.69) is 0 Å². The Bertz CT molecular complexity index is 27.2. The second-order valence-electron chi connectivity index (χ2n) is 0.495. The predicted molar refractivity (Wildman–Crippen MR) is 19.8 cm³/mol. The summed E-state index contributed by atoms with van der Waals surface area (Å²) in [6, 6.07) is 0. The summed E-state index contributed by atoms with van der Waals surface area (Å²) in [5.41, 5.74) is 0. The van der Waals surface area contributed by atoms with Gasteiger partial charge in [0.1, 0.15) is 0 Å². The smallest absolute Gasteiger partial charge is 1.00 e. The molecule has 0 saturated heterocycles. The van der Waals surface area contributed by atoms with E-state index < -0.39 is 7.25 Å². The van der Waals surface area contributed by atoms with Crippen molar-refractivity contribution in [2.24, 2.45) is 0 Å². The second-order valence-corrected chi connectivity index (χ2v) is 0.495. The monoisotopic (exact) mass is 130 g/mol. The van der Waals surface area contributed by atoms with Crippen LogP contribution in [0.3, 0.4) is 0 Å². The summed E-state index contributed by atoms with van der Waals surface area (Å²) in [6.45, 7) is 0. The molecule has 0 atom stereocenters. The molecule has 0 aromatic heterocycles. The molecule has 0 aliphatic heterocycles. The Balaban J connectivity index is -0.0000000800. The molecule has 0 aliphatic carbocycles. The molecular weight excluding hydrogens is 127 g/mol. The Morgan fingerprint density at radius 2 is 1.00 bits per heavy atom. The van der Waals surface area contributed by atoms with Crippen molar-refractivity contribution in [3.05, 3.63) is 0 Å². The normalized spacial score (nSPS) is 10.0. The first-order valence-corrected chi connectivity index (χ1v) is 0.873. The molecule has 0 aromatic carbocycles. The average molecular weight is 130 g/mol. The van der Waals surface area contributed by atoms with Crippen molar-refractivity contribution in [1.82, 2.24) is 0 Å². The van der Waals surface area contributed by atoms with Crippen LogP contribution in [0.5, 0.6) is 0 Å². The Hall–Kier alpha value is 1.04. The average Bonchev–Trinajstić information content (AvgIpc) is 0.722. The summed E-state index contributed by atoms with van der Waals surface area (Å²) in [5.74, 6) is 0.